The molecule has 2 aliphatic rings. The second-order valence-corrected chi connectivity index (χ2v) is 17.3. The van der Waals surface area contributed by atoms with Crippen LogP contribution in [0.1, 0.15) is 18.3 Å². The Morgan fingerprint density at radius 1 is 1.04 bits per heavy atom. The molecule has 286 valence electrons. The number of methoxy groups -OCH3 is 1. The molecule has 0 aromatic carbocycles. The highest BCUT2D eigenvalue weighted by atomic mass is 32.5. The quantitative estimate of drug-likeness (QED) is 0.0505. The summed E-state index contributed by atoms with van der Waals surface area (Å²) in [5.41, 5.74) is 4.39. The number of nitrogens with one attached hydrogen (secondary N) is 2. The van der Waals surface area contributed by atoms with E-state index < -0.39 is 89.4 Å². The second-order valence-electron chi connectivity index (χ2n) is 11.3. The standard InChI is InChI=1S/C22H30N9O17P3S/c1-7-25-15-9(17(35)26-7)24-5-30(15)19-12(33)11(32)8(44-19)4-43-49(37,38)47-51(41,52)48-50(39,40)46-21-13(34)14(42-3)20(45-21)31-6-29(2)10-16(31)27-22(23)28-18(10)36/h5-6,8,11-14,19-21,32-34H,4H2,1-3H3,(H6-,23,25,26,27,28,35,36,37,38,39,40,41,52)/p+1/t8-,11+,12?,13?,14+,19-,20-,21-,51?/m1/s1. The lowest BCUT2D eigenvalue weighted by Crippen LogP contribution is -2.47. The number of nitrogen functional groups attached to an aromatic ring is 1. The van der Waals surface area contributed by atoms with E-state index in [0.717, 1.165) is 10.9 Å². The molecule has 2 fully saturated rings. The molecule has 6 rings (SSSR count). The smallest absolute Gasteiger partial charge is 0.387 e. The van der Waals surface area contributed by atoms with Crippen LogP contribution in [0, 0.1) is 6.92 Å². The molecule has 0 spiro atoms. The Morgan fingerprint density at radius 3 is 2.42 bits per heavy atom. The van der Waals surface area contributed by atoms with E-state index in [4.69, 9.17) is 29.0 Å². The average Bonchev–Trinajstić information content (AvgIpc) is 3.74. The van der Waals surface area contributed by atoms with Crippen molar-refractivity contribution >= 4 is 62.4 Å². The van der Waals surface area contributed by atoms with Crippen LogP contribution in [-0.2, 0) is 59.9 Å². The number of H-pyrrole nitrogens is 2. The number of hydrogen-bond acceptors (Lipinski definition) is 19. The number of aliphatic hydroxyl groups excluding tert-OH is 3. The highest BCUT2D eigenvalue weighted by Gasteiger charge is 2.53. The topological polar surface area (TPSA) is 364 Å². The number of nitrogens with two attached hydrogens (primary N) is 1. The van der Waals surface area contributed by atoms with E-state index in [1.165, 1.54) is 36.5 Å². The molecule has 0 aliphatic carbocycles. The fourth-order valence-electron chi connectivity index (χ4n) is 5.58. The normalized spacial score (nSPS) is 30.1. The van der Waals surface area contributed by atoms with E-state index in [1.807, 2.05) is 0 Å². The summed E-state index contributed by atoms with van der Waals surface area (Å²) in [7, 11) is -8.45. The van der Waals surface area contributed by atoms with Gasteiger partial charge in [-0.05, 0) is 18.7 Å². The minimum atomic E-state index is -5.62. The molecule has 2 saturated heterocycles. The van der Waals surface area contributed by atoms with Crippen molar-refractivity contribution in [1.29, 1.82) is 0 Å². The van der Waals surface area contributed by atoms with Gasteiger partial charge in [0.15, 0.2) is 23.7 Å². The molecule has 30 heteroatoms. The van der Waals surface area contributed by atoms with Gasteiger partial charge in [-0.2, -0.15) is 0 Å². The maximum atomic E-state index is 12.9. The van der Waals surface area contributed by atoms with E-state index in [1.54, 1.807) is 0 Å². The van der Waals surface area contributed by atoms with Crippen LogP contribution < -0.4 is 21.4 Å². The molecule has 4 aromatic heterocycles. The lowest BCUT2D eigenvalue weighted by molar-refractivity contribution is -0.747. The number of fused-ring (bicyclic) bond motifs is 2. The zero-order chi connectivity index (χ0) is 38.1. The third kappa shape index (κ3) is 7.55. The number of imidazole rings is 2. The molecule has 11 atom stereocenters. The molecule has 2 aliphatic heterocycles. The van der Waals surface area contributed by atoms with Gasteiger partial charge in [0, 0.05) is 7.11 Å². The van der Waals surface area contributed by atoms with E-state index in [9.17, 15) is 48.7 Å². The van der Waals surface area contributed by atoms with Crippen LogP contribution in [-0.4, -0.2) is 115 Å². The van der Waals surface area contributed by atoms with Crippen LogP contribution in [0.5, 0.6) is 0 Å². The number of phosphoric acid groups is 2. The SMILES string of the molecule is CO[C@H]1C(O)[C@@H](OP(=O)(O)OP(O)(=S)OP(=O)(O)OC[C@H]2O[C@@H](n3cnc4c(=O)[nH]c(C)nc43)C(O)[C@H]2O)O[C@H]1[n+]1cn(C)c2c(=O)[nH]c(N)nc21. The first-order valence-corrected chi connectivity index (χ1v) is 20.1. The molecule has 10 N–H and O–H groups in total. The number of phosphoric ester groups is 2. The third-order valence-corrected chi connectivity index (χ3v) is 13.2. The monoisotopic (exact) mass is 818 g/mol. The Hall–Kier alpha value is -2.91. The van der Waals surface area contributed by atoms with Crippen molar-refractivity contribution in [2.75, 3.05) is 19.5 Å². The summed E-state index contributed by atoms with van der Waals surface area (Å²) in [4.78, 5) is 72.5. The molecule has 5 unspecified atom stereocenters. The number of rotatable bonds is 12. The summed E-state index contributed by atoms with van der Waals surface area (Å²) in [5, 5.41) is 31.9. The van der Waals surface area contributed by atoms with Crippen molar-refractivity contribution in [3.05, 3.63) is 39.2 Å². The molecule has 4 aromatic rings. The van der Waals surface area contributed by atoms with Crippen molar-refractivity contribution < 1.29 is 75.6 Å². The van der Waals surface area contributed by atoms with Crippen molar-refractivity contribution in [2.45, 2.75) is 56.2 Å². The summed E-state index contributed by atoms with van der Waals surface area (Å²) in [6, 6.07) is 0. The van der Waals surface area contributed by atoms with Gasteiger partial charge in [0.1, 0.15) is 36.3 Å². The first-order chi connectivity index (χ1) is 24.2. The predicted octanol–water partition coefficient (Wildman–Crippen LogP) is -3.09. The Balaban J connectivity index is 1.09. The van der Waals surface area contributed by atoms with Crippen LogP contribution in [0.25, 0.3) is 22.3 Å². The molecule has 26 nitrogen and oxygen atoms in total. The van der Waals surface area contributed by atoms with Gasteiger partial charge in [0.2, 0.25) is 18.0 Å². The zero-order valence-corrected chi connectivity index (χ0v) is 30.2. The second kappa shape index (κ2) is 14.1. The van der Waals surface area contributed by atoms with Gasteiger partial charge in [0.25, 0.3) is 17.1 Å². The van der Waals surface area contributed by atoms with Gasteiger partial charge in [-0.15, -0.1) is 0 Å². The van der Waals surface area contributed by atoms with Gasteiger partial charge in [-0.1, -0.05) is 4.98 Å². The summed E-state index contributed by atoms with van der Waals surface area (Å²) >= 11 is 4.61. The zero-order valence-electron chi connectivity index (χ0n) is 26.7. The molecule has 0 amide bonds. The Bertz CT molecular complexity index is 2280. The number of aromatic nitrogens is 8. The van der Waals surface area contributed by atoms with Gasteiger partial charge < -0.3 is 54.9 Å². The van der Waals surface area contributed by atoms with E-state index in [0.29, 0.717) is 0 Å². The largest absolute Gasteiger partial charge is 0.481 e. The minimum Gasteiger partial charge on any atom is -0.387 e. The third-order valence-electron chi connectivity index (χ3n) is 7.72. The lowest BCUT2D eigenvalue weighted by Gasteiger charge is -2.23. The summed E-state index contributed by atoms with van der Waals surface area (Å²) < 4.78 is 64.3. The summed E-state index contributed by atoms with van der Waals surface area (Å²) in [5.74, 6) is -0.0452. The first kappa shape index (κ1) is 38.8. The number of nitrogens with zero attached hydrogens (tertiary/aromatic N) is 6. The molecule has 0 radical (unpaired) electrons. The van der Waals surface area contributed by atoms with Crippen molar-refractivity contribution in [2.24, 2.45) is 7.05 Å². The van der Waals surface area contributed by atoms with Gasteiger partial charge in [-0.25, -0.2) is 32.3 Å². The number of aryl methyl sites for hydroxylation is 2. The Kier molecular flexibility index (Phi) is 10.5. The maximum Gasteiger partial charge on any atom is 0.481 e. The molecule has 6 heterocycles. The van der Waals surface area contributed by atoms with E-state index in [-0.39, 0.29) is 34.1 Å². The summed E-state index contributed by atoms with van der Waals surface area (Å²) in [6.45, 7) is -4.70. The van der Waals surface area contributed by atoms with E-state index >= 15 is 0 Å². The molecule has 0 saturated carbocycles. The van der Waals surface area contributed by atoms with Crippen LogP contribution in [0.2, 0.25) is 0 Å². The highest BCUT2D eigenvalue weighted by Crippen LogP contribution is 2.68. The predicted molar refractivity (Wildman–Crippen MR) is 171 cm³/mol. The highest BCUT2D eigenvalue weighted by molar-refractivity contribution is 8.09. The van der Waals surface area contributed by atoms with Crippen molar-refractivity contribution in [1.82, 2.24) is 34.1 Å². The Labute approximate surface area is 293 Å². The Morgan fingerprint density at radius 2 is 1.73 bits per heavy atom. The van der Waals surface area contributed by atoms with Crippen LogP contribution in [0.15, 0.2) is 22.2 Å². The van der Waals surface area contributed by atoms with Gasteiger partial charge in [-0.3, -0.25) is 32.8 Å². The van der Waals surface area contributed by atoms with Crippen molar-refractivity contribution in [3.8, 4) is 0 Å². The van der Waals surface area contributed by atoms with E-state index in [2.05, 4.69) is 45.3 Å². The number of ether oxygens (including phenoxy) is 3. The van der Waals surface area contributed by atoms with Crippen LogP contribution in [0.4, 0.5) is 5.95 Å². The van der Waals surface area contributed by atoms with Gasteiger partial charge >= 0.3 is 28.0 Å². The summed E-state index contributed by atoms with van der Waals surface area (Å²) in [6.07, 6.45) is -10.4. The molecular weight excluding hydrogens is 787 g/mol. The molecule has 0 bridgehead atoms. The van der Waals surface area contributed by atoms with Crippen molar-refractivity contribution in [3.63, 3.8) is 0 Å². The number of aliphatic hydroxyl groups is 3. The molecule has 52 heavy (non-hydrogen) atoms. The minimum absolute atomic E-state index is 0.00101. The fraction of sp³-hybridized carbons (Fsp3) is 0.545. The van der Waals surface area contributed by atoms with Crippen LogP contribution in [0.3, 0.4) is 0 Å². The molecular formula is C22H31N9O17P3S+. The fourth-order valence-corrected chi connectivity index (χ4v) is 10.7. The number of hydrogen-bond donors (Lipinski definition) is 9. The number of anilines is 1. The average molecular weight is 819 g/mol. The van der Waals surface area contributed by atoms with Gasteiger partial charge in [0.05, 0.1) is 20.0 Å². The maximum absolute atomic E-state index is 12.9. The van der Waals surface area contributed by atoms with Crippen LogP contribution >= 0.6 is 22.4 Å². The lowest BCUT2D eigenvalue weighted by atomic mass is 10.1. The first-order valence-electron chi connectivity index (χ1n) is 14.5. The number of aromatic amines is 2.